The Labute approximate surface area is 81.5 Å². The Balaban J connectivity index is 2.22. The Morgan fingerprint density at radius 3 is 2.58 bits per heavy atom. The van der Waals surface area contributed by atoms with E-state index in [4.69, 9.17) is 5.11 Å². The van der Waals surface area contributed by atoms with E-state index in [-0.39, 0.29) is 12.7 Å². The highest BCUT2D eigenvalue weighted by Gasteiger charge is 2.29. The van der Waals surface area contributed by atoms with E-state index in [0.717, 1.165) is 0 Å². The van der Waals surface area contributed by atoms with Crippen molar-refractivity contribution in [2.75, 3.05) is 25.0 Å². The Bertz CT molecular complexity index is 130. The summed E-state index contributed by atoms with van der Waals surface area (Å²) in [5, 5.41) is 18.7. The molecule has 0 aromatic carbocycles. The molecular weight excluding hydrogens is 222 g/mol. The molecule has 0 amide bonds. The Morgan fingerprint density at radius 1 is 1.50 bits per heavy atom. The fourth-order valence-electron chi connectivity index (χ4n) is 1.31. The SMILES string of the molecule is OCCN(CC(O)CBr)C1CC1. The summed E-state index contributed by atoms with van der Waals surface area (Å²) in [6, 6.07) is 0.617. The number of alkyl halides is 1. The van der Waals surface area contributed by atoms with Gasteiger partial charge in [-0.25, -0.2) is 0 Å². The summed E-state index contributed by atoms with van der Waals surface area (Å²) in [7, 11) is 0. The molecule has 0 aromatic rings. The maximum atomic E-state index is 9.36. The minimum atomic E-state index is -0.308. The van der Waals surface area contributed by atoms with Crippen molar-refractivity contribution in [2.24, 2.45) is 0 Å². The highest BCUT2D eigenvalue weighted by atomic mass is 79.9. The molecule has 0 aliphatic heterocycles. The average Bonchev–Trinajstić information content (AvgIpc) is 2.86. The molecule has 0 spiro atoms. The van der Waals surface area contributed by atoms with Crippen molar-refractivity contribution >= 4 is 15.9 Å². The molecule has 1 fully saturated rings. The molecule has 1 atom stereocenters. The van der Waals surface area contributed by atoms with Gasteiger partial charge in [-0.05, 0) is 12.8 Å². The summed E-state index contributed by atoms with van der Waals surface area (Å²) < 4.78 is 0. The lowest BCUT2D eigenvalue weighted by Crippen LogP contribution is -2.36. The van der Waals surface area contributed by atoms with Gasteiger partial charge in [-0.3, -0.25) is 4.90 Å². The Hall–Kier alpha value is 0.360. The zero-order chi connectivity index (χ0) is 8.97. The van der Waals surface area contributed by atoms with Crippen molar-refractivity contribution in [3.63, 3.8) is 0 Å². The molecule has 1 aliphatic carbocycles. The molecule has 1 unspecified atom stereocenters. The van der Waals surface area contributed by atoms with Crippen LogP contribution in [0.2, 0.25) is 0 Å². The predicted molar refractivity (Wildman–Crippen MR) is 51.5 cm³/mol. The monoisotopic (exact) mass is 237 g/mol. The van der Waals surface area contributed by atoms with Gasteiger partial charge in [0.1, 0.15) is 0 Å². The molecule has 1 rings (SSSR count). The minimum absolute atomic E-state index is 0.186. The van der Waals surface area contributed by atoms with Crippen LogP contribution < -0.4 is 0 Å². The molecule has 4 heteroatoms. The van der Waals surface area contributed by atoms with Crippen LogP contribution in [0.1, 0.15) is 12.8 Å². The van der Waals surface area contributed by atoms with E-state index in [1.807, 2.05) is 0 Å². The molecule has 1 aliphatic rings. The second-order valence-electron chi connectivity index (χ2n) is 3.26. The van der Waals surface area contributed by atoms with Crippen molar-refractivity contribution in [1.82, 2.24) is 4.90 Å². The van der Waals surface area contributed by atoms with Crippen LogP contribution in [0.25, 0.3) is 0 Å². The average molecular weight is 238 g/mol. The zero-order valence-corrected chi connectivity index (χ0v) is 8.70. The summed E-state index contributed by atoms with van der Waals surface area (Å²) in [6.07, 6.45) is 2.13. The predicted octanol–water partition coefficient (Wildman–Crippen LogP) is 0.199. The summed E-state index contributed by atoms with van der Waals surface area (Å²) in [5.41, 5.74) is 0. The smallest absolute Gasteiger partial charge is 0.0763 e. The van der Waals surface area contributed by atoms with Crippen LogP contribution in [-0.2, 0) is 0 Å². The van der Waals surface area contributed by atoms with Gasteiger partial charge in [0.05, 0.1) is 12.7 Å². The standard InChI is InChI=1S/C8H16BrNO2/c9-5-8(12)6-10(3-4-11)7-1-2-7/h7-8,11-12H,1-6H2. The van der Waals surface area contributed by atoms with Crippen LogP contribution >= 0.6 is 15.9 Å². The van der Waals surface area contributed by atoms with Crippen molar-refractivity contribution < 1.29 is 10.2 Å². The molecule has 0 saturated heterocycles. The lowest BCUT2D eigenvalue weighted by molar-refractivity contribution is 0.110. The molecule has 0 radical (unpaired) electrons. The van der Waals surface area contributed by atoms with E-state index in [2.05, 4.69) is 20.8 Å². The van der Waals surface area contributed by atoms with Crippen LogP contribution in [0.5, 0.6) is 0 Å². The number of nitrogens with zero attached hydrogens (tertiary/aromatic N) is 1. The van der Waals surface area contributed by atoms with Crippen molar-refractivity contribution in [1.29, 1.82) is 0 Å². The number of aliphatic hydroxyl groups is 2. The number of hydrogen-bond donors (Lipinski definition) is 2. The maximum absolute atomic E-state index is 9.36. The first kappa shape index (κ1) is 10.4. The molecular formula is C8H16BrNO2. The third-order valence-corrected chi connectivity index (χ3v) is 2.82. The third-order valence-electron chi connectivity index (χ3n) is 2.07. The van der Waals surface area contributed by atoms with Crippen molar-refractivity contribution in [3.05, 3.63) is 0 Å². The van der Waals surface area contributed by atoms with Gasteiger partial charge in [0, 0.05) is 24.5 Å². The molecule has 2 N–H and O–H groups in total. The number of rotatable bonds is 6. The van der Waals surface area contributed by atoms with Gasteiger partial charge in [0.2, 0.25) is 0 Å². The van der Waals surface area contributed by atoms with Gasteiger partial charge < -0.3 is 10.2 Å². The number of aliphatic hydroxyl groups excluding tert-OH is 2. The van der Waals surface area contributed by atoms with E-state index < -0.39 is 0 Å². The fourth-order valence-corrected chi connectivity index (χ4v) is 1.52. The van der Waals surface area contributed by atoms with E-state index in [1.54, 1.807) is 0 Å². The largest absolute Gasteiger partial charge is 0.395 e. The first-order valence-electron chi connectivity index (χ1n) is 4.37. The first-order valence-corrected chi connectivity index (χ1v) is 5.49. The van der Waals surface area contributed by atoms with Crippen molar-refractivity contribution in [2.45, 2.75) is 25.0 Å². The van der Waals surface area contributed by atoms with Crippen LogP contribution in [0.4, 0.5) is 0 Å². The van der Waals surface area contributed by atoms with Gasteiger partial charge in [0.25, 0.3) is 0 Å². The Kier molecular flexibility index (Phi) is 4.50. The lowest BCUT2D eigenvalue weighted by Gasteiger charge is -2.22. The van der Waals surface area contributed by atoms with E-state index in [0.29, 0.717) is 24.5 Å². The van der Waals surface area contributed by atoms with Crippen LogP contribution in [-0.4, -0.2) is 52.3 Å². The summed E-state index contributed by atoms with van der Waals surface area (Å²) in [5.74, 6) is 0. The molecule has 0 aromatic heterocycles. The summed E-state index contributed by atoms with van der Waals surface area (Å²) >= 11 is 3.22. The van der Waals surface area contributed by atoms with E-state index in [1.165, 1.54) is 12.8 Å². The third kappa shape index (κ3) is 3.39. The van der Waals surface area contributed by atoms with Crippen LogP contribution in [0.15, 0.2) is 0 Å². The van der Waals surface area contributed by atoms with Crippen LogP contribution in [0.3, 0.4) is 0 Å². The summed E-state index contributed by atoms with van der Waals surface area (Å²) in [4.78, 5) is 2.16. The topological polar surface area (TPSA) is 43.7 Å². The van der Waals surface area contributed by atoms with E-state index >= 15 is 0 Å². The first-order chi connectivity index (χ1) is 5.77. The number of hydrogen-bond acceptors (Lipinski definition) is 3. The van der Waals surface area contributed by atoms with E-state index in [9.17, 15) is 5.11 Å². The molecule has 3 nitrogen and oxygen atoms in total. The second kappa shape index (κ2) is 5.17. The van der Waals surface area contributed by atoms with Gasteiger partial charge in [-0.1, -0.05) is 15.9 Å². The molecule has 72 valence electrons. The molecule has 1 saturated carbocycles. The molecule has 0 heterocycles. The second-order valence-corrected chi connectivity index (χ2v) is 3.91. The lowest BCUT2D eigenvalue weighted by atomic mass is 10.3. The maximum Gasteiger partial charge on any atom is 0.0763 e. The summed E-state index contributed by atoms with van der Waals surface area (Å²) in [6.45, 7) is 1.55. The Morgan fingerprint density at radius 2 is 2.17 bits per heavy atom. The quantitative estimate of drug-likeness (QED) is 0.649. The molecule has 0 bridgehead atoms. The van der Waals surface area contributed by atoms with Gasteiger partial charge in [-0.15, -0.1) is 0 Å². The highest BCUT2D eigenvalue weighted by Crippen LogP contribution is 2.26. The van der Waals surface area contributed by atoms with Gasteiger partial charge in [-0.2, -0.15) is 0 Å². The highest BCUT2D eigenvalue weighted by molar-refractivity contribution is 9.09. The van der Waals surface area contributed by atoms with Crippen molar-refractivity contribution in [3.8, 4) is 0 Å². The van der Waals surface area contributed by atoms with Crippen LogP contribution in [0, 0.1) is 0 Å². The normalized spacial score (nSPS) is 20.0. The number of halogens is 1. The minimum Gasteiger partial charge on any atom is -0.395 e. The van der Waals surface area contributed by atoms with Gasteiger partial charge in [0.15, 0.2) is 0 Å². The fraction of sp³-hybridized carbons (Fsp3) is 1.00. The van der Waals surface area contributed by atoms with Gasteiger partial charge >= 0.3 is 0 Å². The molecule has 12 heavy (non-hydrogen) atoms. The zero-order valence-electron chi connectivity index (χ0n) is 7.12.